The van der Waals surface area contributed by atoms with Crippen molar-refractivity contribution >= 4 is 6.03 Å². The molecule has 0 saturated carbocycles. The summed E-state index contributed by atoms with van der Waals surface area (Å²) in [4.78, 5) is 15.5. The van der Waals surface area contributed by atoms with Gasteiger partial charge in [-0.3, -0.25) is 0 Å². The third-order valence-electron chi connectivity index (χ3n) is 4.28. The van der Waals surface area contributed by atoms with E-state index >= 15 is 0 Å². The van der Waals surface area contributed by atoms with Gasteiger partial charge in [-0.1, -0.05) is 13.8 Å². The fraction of sp³-hybridized carbons (Fsp3) is 0.923. The molecule has 17 heavy (non-hydrogen) atoms. The minimum absolute atomic E-state index is 0.253. The van der Waals surface area contributed by atoms with Crippen LogP contribution in [0.3, 0.4) is 0 Å². The molecule has 2 amide bonds. The molecule has 1 spiro atoms. The van der Waals surface area contributed by atoms with Gasteiger partial charge < -0.3 is 15.5 Å². The summed E-state index contributed by atoms with van der Waals surface area (Å²) in [5.41, 5.74) is 5.80. The maximum Gasteiger partial charge on any atom is 0.314 e. The zero-order valence-electron chi connectivity index (χ0n) is 11.1. The molecule has 0 bridgehead atoms. The maximum absolute atomic E-state index is 11.1. The van der Waals surface area contributed by atoms with Crippen molar-refractivity contribution < 1.29 is 4.79 Å². The van der Waals surface area contributed by atoms with Crippen LogP contribution in [0.4, 0.5) is 4.79 Å². The van der Waals surface area contributed by atoms with Gasteiger partial charge in [0.05, 0.1) is 0 Å². The minimum atomic E-state index is -0.253. The number of likely N-dealkylation sites (tertiary alicyclic amines) is 2. The first-order valence-corrected chi connectivity index (χ1v) is 6.77. The van der Waals surface area contributed by atoms with E-state index in [1.807, 2.05) is 0 Å². The summed E-state index contributed by atoms with van der Waals surface area (Å²) >= 11 is 0. The van der Waals surface area contributed by atoms with E-state index in [1.165, 1.54) is 26.1 Å². The average Bonchev–Trinajstić information content (AvgIpc) is 2.61. The number of primary amides is 1. The predicted molar refractivity (Wildman–Crippen MR) is 68.7 cm³/mol. The highest BCUT2D eigenvalue weighted by Crippen LogP contribution is 2.40. The molecule has 2 rings (SSSR count). The molecule has 2 aliphatic rings. The number of nitrogens with zero attached hydrogens (tertiary/aromatic N) is 2. The second kappa shape index (κ2) is 4.84. The van der Waals surface area contributed by atoms with Gasteiger partial charge in [-0.25, -0.2) is 4.79 Å². The number of hydrogen-bond donors (Lipinski definition) is 1. The molecule has 4 heteroatoms. The molecule has 98 valence electrons. The van der Waals surface area contributed by atoms with E-state index in [-0.39, 0.29) is 6.03 Å². The lowest BCUT2D eigenvalue weighted by atomic mass is 9.78. The quantitative estimate of drug-likeness (QED) is 0.794. The van der Waals surface area contributed by atoms with Gasteiger partial charge in [-0.15, -0.1) is 0 Å². The smallest absolute Gasteiger partial charge is 0.314 e. The summed E-state index contributed by atoms with van der Waals surface area (Å²) in [7, 11) is 0. The molecule has 2 fully saturated rings. The van der Waals surface area contributed by atoms with Crippen molar-refractivity contribution in [1.29, 1.82) is 0 Å². The number of hydrogen-bond acceptors (Lipinski definition) is 2. The SMILES string of the molecule is CC(C)CN1CCC2(CCN(C(N)=O)CC2)C1. The molecule has 4 nitrogen and oxygen atoms in total. The number of carbonyl (C=O) groups is 1. The van der Waals surface area contributed by atoms with Crippen LogP contribution in [-0.2, 0) is 0 Å². The minimum Gasteiger partial charge on any atom is -0.351 e. The van der Waals surface area contributed by atoms with Gasteiger partial charge in [0.2, 0.25) is 0 Å². The first-order chi connectivity index (χ1) is 8.01. The third-order valence-corrected chi connectivity index (χ3v) is 4.28. The van der Waals surface area contributed by atoms with Crippen LogP contribution in [0.15, 0.2) is 0 Å². The number of urea groups is 1. The van der Waals surface area contributed by atoms with Gasteiger partial charge in [-0.05, 0) is 37.1 Å². The van der Waals surface area contributed by atoms with Crippen LogP contribution in [0.5, 0.6) is 0 Å². The van der Waals surface area contributed by atoms with Gasteiger partial charge >= 0.3 is 6.03 Å². The second-order valence-corrected chi connectivity index (χ2v) is 6.20. The molecule has 0 aromatic rings. The van der Waals surface area contributed by atoms with Gasteiger partial charge in [0.15, 0.2) is 0 Å². The zero-order valence-corrected chi connectivity index (χ0v) is 11.1. The van der Waals surface area contributed by atoms with Crippen LogP contribution < -0.4 is 5.73 Å². The molecule has 2 aliphatic heterocycles. The molecule has 2 saturated heterocycles. The lowest BCUT2D eigenvalue weighted by Gasteiger charge is -2.38. The Kier molecular flexibility index (Phi) is 3.61. The Morgan fingerprint density at radius 1 is 1.24 bits per heavy atom. The number of nitrogens with two attached hydrogens (primary N) is 1. The maximum atomic E-state index is 11.1. The van der Waals surface area contributed by atoms with Crippen LogP contribution in [0.2, 0.25) is 0 Å². The van der Waals surface area contributed by atoms with Gasteiger partial charge in [0.25, 0.3) is 0 Å². The van der Waals surface area contributed by atoms with Gasteiger partial charge in [0, 0.05) is 26.2 Å². The largest absolute Gasteiger partial charge is 0.351 e. The molecule has 0 unspecified atom stereocenters. The number of amides is 2. The van der Waals surface area contributed by atoms with Crippen molar-refractivity contribution in [1.82, 2.24) is 9.80 Å². The number of piperidine rings is 1. The Labute approximate surface area is 104 Å². The highest BCUT2D eigenvalue weighted by atomic mass is 16.2. The average molecular weight is 239 g/mol. The molecule has 2 heterocycles. The van der Waals surface area contributed by atoms with Gasteiger partial charge in [-0.2, -0.15) is 0 Å². The summed E-state index contributed by atoms with van der Waals surface area (Å²) in [6.07, 6.45) is 3.56. The Hall–Kier alpha value is -0.770. The Balaban J connectivity index is 1.85. The first-order valence-electron chi connectivity index (χ1n) is 6.77. The van der Waals surface area contributed by atoms with Crippen LogP contribution in [0.25, 0.3) is 0 Å². The molecule has 2 N–H and O–H groups in total. The molecule has 0 atom stereocenters. The number of carbonyl (C=O) groups excluding carboxylic acids is 1. The summed E-state index contributed by atoms with van der Waals surface area (Å²) < 4.78 is 0. The van der Waals surface area contributed by atoms with Crippen molar-refractivity contribution in [2.24, 2.45) is 17.1 Å². The van der Waals surface area contributed by atoms with Crippen LogP contribution >= 0.6 is 0 Å². The summed E-state index contributed by atoms with van der Waals surface area (Å²) in [5, 5.41) is 0. The normalized spacial score (nSPS) is 24.8. The van der Waals surface area contributed by atoms with E-state index in [4.69, 9.17) is 5.73 Å². The van der Waals surface area contributed by atoms with Crippen molar-refractivity contribution in [3.8, 4) is 0 Å². The van der Waals surface area contributed by atoms with E-state index in [0.717, 1.165) is 31.8 Å². The highest BCUT2D eigenvalue weighted by molar-refractivity contribution is 5.72. The van der Waals surface area contributed by atoms with E-state index in [1.54, 1.807) is 4.90 Å². The van der Waals surface area contributed by atoms with E-state index in [9.17, 15) is 4.79 Å². The predicted octanol–water partition coefficient (Wildman–Crippen LogP) is 1.51. The Bertz CT molecular complexity index is 282. The fourth-order valence-electron chi connectivity index (χ4n) is 3.31. The zero-order chi connectivity index (χ0) is 12.5. The molecule has 0 radical (unpaired) electrons. The molecular formula is C13H25N3O. The van der Waals surface area contributed by atoms with Crippen molar-refractivity contribution in [2.45, 2.75) is 33.1 Å². The summed E-state index contributed by atoms with van der Waals surface area (Å²) in [5.74, 6) is 0.746. The lowest BCUT2D eigenvalue weighted by molar-refractivity contribution is 0.122. The first kappa shape index (κ1) is 12.7. The van der Waals surface area contributed by atoms with E-state index < -0.39 is 0 Å². The van der Waals surface area contributed by atoms with Crippen LogP contribution in [-0.4, -0.2) is 48.6 Å². The fourth-order valence-corrected chi connectivity index (χ4v) is 3.31. The van der Waals surface area contributed by atoms with Crippen molar-refractivity contribution in [3.05, 3.63) is 0 Å². The van der Waals surface area contributed by atoms with Crippen LogP contribution in [0, 0.1) is 11.3 Å². The second-order valence-electron chi connectivity index (χ2n) is 6.20. The topological polar surface area (TPSA) is 49.6 Å². The summed E-state index contributed by atoms with van der Waals surface area (Å²) in [6, 6.07) is -0.253. The molecule has 0 aromatic heterocycles. The molecule has 0 aromatic carbocycles. The highest BCUT2D eigenvalue weighted by Gasteiger charge is 2.40. The van der Waals surface area contributed by atoms with E-state index in [2.05, 4.69) is 18.7 Å². The molecular weight excluding hydrogens is 214 g/mol. The van der Waals surface area contributed by atoms with Gasteiger partial charge in [0.1, 0.15) is 0 Å². The van der Waals surface area contributed by atoms with Crippen LogP contribution in [0.1, 0.15) is 33.1 Å². The Morgan fingerprint density at radius 3 is 2.35 bits per heavy atom. The number of rotatable bonds is 2. The standard InChI is InChI=1S/C13H25N3O/c1-11(2)9-15-6-3-13(10-15)4-7-16(8-5-13)12(14)17/h11H,3-10H2,1-2H3,(H2,14,17). The molecule has 0 aliphatic carbocycles. The summed E-state index contributed by atoms with van der Waals surface area (Å²) in [6.45, 7) is 9.92. The lowest BCUT2D eigenvalue weighted by Crippen LogP contribution is -2.46. The van der Waals surface area contributed by atoms with Crippen molar-refractivity contribution in [3.63, 3.8) is 0 Å². The Morgan fingerprint density at radius 2 is 1.82 bits per heavy atom. The monoisotopic (exact) mass is 239 g/mol. The third kappa shape index (κ3) is 2.92. The van der Waals surface area contributed by atoms with Crippen molar-refractivity contribution in [2.75, 3.05) is 32.7 Å². The van der Waals surface area contributed by atoms with E-state index in [0.29, 0.717) is 5.41 Å².